The van der Waals surface area contributed by atoms with Gasteiger partial charge in [-0.15, -0.1) is 0 Å². The summed E-state index contributed by atoms with van der Waals surface area (Å²) in [6, 6.07) is 0. The van der Waals surface area contributed by atoms with Gasteiger partial charge in [-0.3, -0.25) is 9.59 Å². The summed E-state index contributed by atoms with van der Waals surface area (Å²) in [6.07, 6.45) is 4.69. The Morgan fingerprint density at radius 2 is 1.90 bits per heavy atom. The molecule has 1 amide bonds. The van der Waals surface area contributed by atoms with Crippen LogP contribution in [0, 0.1) is 5.92 Å². The van der Waals surface area contributed by atoms with Crippen LogP contribution in [0.1, 0.15) is 52.4 Å². The van der Waals surface area contributed by atoms with E-state index in [2.05, 4.69) is 18.6 Å². The molecule has 1 aliphatic carbocycles. The number of hydrogen-bond acceptors (Lipinski definition) is 4. The lowest BCUT2D eigenvalue weighted by Gasteiger charge is -2.29. The largest absolute Gasteiger partial charge is 0.469 e. The predicted molar refractivity (Wildman–Crippen MR) is 78.1 cm³/mol. The number of ether oxygens (including phenoxy) is 1. The maximum Gasteiger partial charge on any atom is 0.307 e. The van der Waals surface area contributed by atoms with Gasteiger partial charge in [0, 0.05) is 25.0 Å². The summed E-state index contributed by atoms with van der Waals surface area (Å²) >= 11 is 0. The Morgan fingerprint density at radius 3 is 2.40 bits per heavy atom. The number of nitrogens with two attached hydrogens (primary N) is 1. The predicted octanol–water partition coefficient (Wildman–Crippen LogP) is 1.70. The maximum atomic E-state index is 12.4. The molecule has 1 fully saturated rings. The van der Waals surface area contributed by atoms with Gasteiger partial charge in [0.2, 0.25) is 5.91 Å². The van der Waals surface area contributed by atoms with Crippen LogP contribution >= 0.6 is 0 Å². The van der Waals surface area contributed by atoms with E-state index < -0.39 is 0 Å². The van der Waals surface area contributed by atoms with Crippen molar-refractivity contribution >= 4 is 11.9 Å². The Hall–Kier alpha value is -1.10. The molecule has 5 nitrogen and oxygen atoms in total. The van der Waals surface area contributed by atoms with Crippen molar-refractivity contribution in [3.8, 4) is 0 Å². The smallest absolute Gasteiger partial charge is 0.307 e. The first-order valence-electron chi connectivity index (χ1n) is 7.50. The van der Waals surface area contributed by atoms with E-state index in [9.17, 15) is 9.59 Å². The molecule has 1 saturated carbocycles. The van der Waals surface area contributed by atoms with E-state index in [1.54, 1.807) is 4.90 Å². The molecule has 0 saturated heterocycles. The molecule has 2 N–H and O–H groups in total. The van der Waals surface area contributed by atoms with Gasteiger partial charge in [0.15, 0.2) is 0 Å². The number of esters is 1. The highest BCUT2D eigenvalue weighted by Gasteiger charge is 2.33. The zero-order chi connectivity index (χ0) is 15.2. The van der Waals surface area contributed by atoms with Crippen molar-refractivity contribution in [1.82, 2.24) is 4.90 Å². The second-order valence-corrected chi connectivity index (χ2v) is 6.31. The van der Waals surface area contributed by atoms with E-state index in [4.69, 9.17) is 5.73 Å². The number of methoxy groups -OCH3 is 1. The average molecular weight is 284 g/mol. The highest BCUT2D eigenvalue weighted by atomic mass is 16.5. The molecule has 0 spiro atoms. The summed E-state index contributed by atoms with van der Waals surface area (Å²) in [4.78, 5) is 25.4. The summed E-state index contributed by atoms with van der Waals surface area (Å²) in [6.45, 7) is 5.20. The van der Waals surface area contributed by atoms with Gasteiger partial charge in [-0.2, -0.15) is 0 Å². The fraction of sp³-hybridized carbons (Fsp3) is 0.867. The average Bonchev–Trinajstić information content (AvgIpc) is 2.79. The standard InChI is InChI=1S/C15H28N2O3/c1-12(2)11-17(9-6-14(19)20-3)13(18)10-15(16)7-4-5-8-15/h12H,4-11,16H2,1-3H3. The van der Waals surface area contributed by atoms with Gasteiger partial charge >= 0.3 is 5.97 Å². The molecule has 0 aromatic heterocycles. The second kappa shape index (κ2) is 7.62. The maximum absolute atomic E-state index is 12.4. The minimum Gasteiger partial charge on any atom is -0.469 e. The highest BCUT2D eigenvalue weighted by molar-refractivity contribution is 5.78. The third-order valence-corrected chi connectivity index (χ3v) is 3.85. The van der Waals surface area contributed by atoms with E-state index >= 15 is 0 Å². The van der Waals surface area contributed by atoms with E-state index in [-0.39, 0.29) is 23.8 Å². The first kappa shape index (κ1) is 17.0. The van der Waals surface area contributed by atoms with E-state index in [0.29, 0.717) is 25.4 Å². The second-order valence-electron chi connectivity index (χ2n) is 6.31. The summed E-state index contributed by atoms with van der Waals surface area (Å²) in [5, 5.41) is 0. The molecule has 5 heteroatoms. The summed E-state index contributed by atoms with van der Waals surface area (Å²) < 4.78 is 4.64. The lowest BCUT2D eigenvalue weighted by Crippen LogP contribution is -2.45. The van der Waals surface area contributed by atoms with Crippen molar-refractivity contribution in [2.24, 2.45) is 11.7 Å². The third kappa shape index (κ3) is 5.49. The van der Waals surface area contributed by atoms with Crippen LogP contribution in [0.3, 0.4) is 0 Å². The highest BCUT2D eigenvalue weighted by Crippen LogP contribution is 2.30. The summed E-state index contributed by atoms with van der Waals surface area (Å²) in [5.74, 6) is 0.149. The van der Waals surface area contributed by atoms with Crippen LogP contribution in [0.5, 0.6) is 0 Å². The van der Waals surface area contributed by atoms with Crippen LogP contribution in [-0.4, -0.2) is 42.5 Å². The number of rotatable bonds is 7. The van der Waals surface area contributed by atoms with Crippen molar-refractivity contribution in [2.45, 2.75) is 57.9 Å². The van der Waals surface area contributed by atoms with Gasteiger partial charge < -0.3 is 15.4 Å². The Kier molecular flexibility index (Phi) is 6.46. The van der Waals surface area contributed by atoms with Crippen LogP contribution in [0.4, 0.5) is 0 Å². The lowest BCUT2D eigenvalue weighted by molar-refractivity contribution is -0.142. The first-order valence-corrected chi connectivity index (χ1v) is 7.50. The van der Waals surface area contributed by atoms with Crippen molar-refractivity contribution in [3.63, 3.8) is 0 Å². The molecule has 0 aromatic carbocycles. The fourth-order valence-corrected chi connectivity index (χ4v) is 2.76. The molecule has 116 valence electrons. The zero-order valence-corrected chi connectivity index (χ0v) is 13.0. The van der Waals surface area contributed by atoms with Gasteiger partial charge in [0.05, 0.1) is 13.5 Å². The summed E-state index contributed by atoms with van der Waals surface area (Å²) in [7, 11) is 1.37. The molecule has 0 radical (unpaired) electrons. The minimum atomic E-state index is -0.336. The van der Waals surface area contributed by atoms with Gasteiger partial charge in [-0.25, -0.2) is 0 Å². The van der Waals surface area contributed by atoms with Gasteiger partial charge in [-0.05, 0) is 18.8 Å². The molecule has 0 bridgehead atoms. The molecular formula is C15H28N2O3. The molecule has 1 rings (SSSR count). The monoisotopic (exact) mass is 284 g/mol. The van der Waals surface area contributed by atoms with Crippen molar-refractivity contribution < 1.29 is 14.3 Å². The van der Waals surface area contributed by atoms with Crippen molar-refractivity contribution in [3.05, 3.63) is 0 Å². The summed E-state index contributed by atoms with van der Waals surface area (Å²) in [5.41, 5.74) is 5.94. The SMILES string of the molecule is COC(=O)CCN(CC(C)C)C(=O)CC1(N)CCCC1. The minimum absolute atomic E-state index is 0.0620. The molecule has 1 aliphatic rings. The number of nitrogens with zero attached hydrogens (tertiary/aromatic N) is 1. The molecule has 0 atom stereocenters. The molecule has 0 unspecified atom stereocenters. The van der Waals surface area contributed by atoms with Crippen LogP contribution in [-0.2, 0) is 14.3 Å². The topological polar surface area (TPSA) is 72.6 Å². The van der Waals surface area contributed by atoms with Crippen molar-refractivity contribution in [1.29, 1.82) is 0 Å². The molecule has 0 heterocycles. The van der Waals surface area contributed by atoms with E-state index in [0.717, 1.165) is 25.7 Å². The van der Waals surface area contributed by atoms with E-state index in [1.807, 2.05) is 0 Å². The molecule has 0 aliphatic heterocycles. The van der Waals surface area contributed by atoms with Crippen LogP contribution in [0.25, 0.3) is 0 Å². The van der Waals surface area contributed by atoms with Gasteiger partial charge in [0.25, 0.3) is 0 Å². The fourth-order valence-electron chi connectivity index (χ4n) is 2.76. The Balaban J connectivity index is 2.56. The number of carbonyl (C=O) groups is 2. The quantitative estimate of drug-likeness (QED) is 0.722. The molecular weight excluding hydrogens is 256 g/mol. The van der Waals surface area contributed by atoms with Gasteiger partial charge in [-0.1, -0.05) is 26.7 Å². The lowest BCUT2D eigenvalue weighted by atomic mass is 9.94. The van der Waals surface area contributed by atoms with Crippen LogP contribution in [0.2, 0.25) is 0 Å². The van der Waals surface area contributed by atoms with Crippen LogP contribution < -0.4 is 5.73 Å². The molecule has 20 heavy (non-hydrogen) atoms. The third-order valence-electron chi connectivity index (χ3n) is 3.85. The van der Waals surface area contributed by atoms with Crippen LogP contribution in [0.15, 0.2) is 0 Å². The van der Waals surface area contributed by atoms with Gasteiger partial charge in [0.1, 0.15) is 0 Å². The first-order chi connectivity index (χ1) is 9.36. The number of hydrogen-bond donors (Lipinski definition) is 1. The van der Waals surface area contributed by atoms with Crippen molar-refractivity contribution in [2.75, 3.05) is 20.2 Å². The zero-order valence-electron chi connectivity index (χ0n) is 13.0. The Morgan fingerprint density at radius 1 is 1.30 bits per heavy atom. The molecule has 0 aromatic rings. The Bertz CT molecular complexity index is 336. The normalized spacial score (nSPS) is 17.2. The Labute approximate surface area is 121 Å². The number of carbonyl (C=O) groups excluding carboxylic acids is 2. The van der Waals surface area contributed by atoms with E-state index in [1.165, 1.54) is 7.11 Å². The number of amides is 1.